The van der Waals surface area contributed by atoms with E-state index in [9.17, 15) is 22.0 Å². The molecule has 0 unspecified atom stereocenters. The predicted octanol–water partition coefficient (Wildman–Crippen LogP) is 4.82. The maximum atomic E-state index is 13.7. The summed E-state index contributed by atoms with van der Waals surface area (Å²) in [5.74, 6) is -10.2. The average Bonchev–Trinajstić information content (AvgIpc) is 2.66. The van der Waals surface area contributed by atoms with Crippen LogP contribution in [0.2, 0.25) is 0 Å². The van der Waals surface area contributed by atoms with E-state index in [-0.39, 0.29) is 0 Å². The normalized spacial score (nSPS) is 12.2. The third kappa shape index (κ3) is 5.37. The molecule has 8 heteroatoms. The van der Waals surface area contributed by atoms with Crippen LogP contribution in [-0.4, -0.2) is 31.3 Å². The van der Waals surface area contributed by atoms with Crippen molar-refractivity contribution >= 4 is 17.5 Å². The van der Waals surface area contributed by atoms with Gasteiger partial charge in [0.2, 0.25) is 5.82 Å². The molecule has 27 heavy (non-hydrogen) atoms. The summed E-state index contributed by atoms with van der Waals surface area (Å²) in [4.78, 5) is 1.87. The Hall–Kier alpha value is -2.74. The molecule has 1 N–H and O–H groups in total. The van der Waals surface area contributed by atoms with Gasteiger partial charge in [0.25, 0.3) is 0 Å². The van der Waals surface area contributed by atoms with Gasteiger partial charge in [-0.2, -0.15) is 5.10 Å². The summed E-state index contributed by atoms with van der Waals surface area (Å²) in [6.07, 6.45) is 3.73. The third-order valence-electron chi connectivity index (χ3n) is 3.60. The fraction of sp³-hybridized carbons (Fsp3) is 0.211. The Morgan fingerprint density at radius 3 is 2.04 bits per heavy atom. The van der Waals surface area contributed by atoms with E-state index in [1.165, 1.54) is 0 Å². The van der Waals surface area contributed by atoms with Gasteiger partial charge in [-0.1, -0.05) is 36.4 Å². The lowest BCUT2D eigenvalue weighted by Gasteiger charge is -2.11. The molecule has 0 aliphatic rings. The van der Waals surface area contributed by atoms with Gasteiger partial charge in [0.1, 0.15) is 5.69 Å². The lowest BCUT2D eigenvalue weighted by Crippen LogP contribution is -2.16. The van der Waals surface area contributed by atoms with E-state index in [0.717, 1.165) is 5.56 Å². The summed E-state index contributed by atoms with van der Waals surface area (Å²) in [5, 5.41) is 3.83. The molecule has 2 aromatic rings. The first-order chi connectivity index (χ1) is 12.8. The van der Waals surface area contributed by atoms with E-state index in [1.54, 1.807) is 12.2 Å². The first-order valence-corrected chi connectivity index (χ1v) is 8.03. The Balaban J connectivity index is 2.31. The minimum absolute atomic E-state index is 0.372. The average molecular weight is 383 g/mol. The minimum atomic E-state index is -2.21. The Morgan fingerprint density at radius 1 is 0.926 bits per heavy atom. The summed E-state index contributed by atoms with van der Waals surface area (Å²) in [6.45, 7) is 0.566. The standard InChI is InChI=1S/C19H18F5N3/c1-27(2)11-10-13(9-8-12-6-4-3-5-7-12)25-26-19-17(23)15(21)14(20)16(22)18(19)24/h3-9,26H,10-11H2,1-2H3/b9-8-,25-13-. The maximum Gasteiger partial charge on any atom is 0.200 e. The lowest BCUT2D eigenvalue weighted by molar-refractivity contribution is 0.381. The van der Waals surface area contributed by atoms with Crippen molar-refractivity contribution in [2.75, 3.05) is 26.1 Å². The Bertz CT molecular complexity index is 819. The Labute approximate surface area is 153 Å². The minimum Gasteiger partial charge on any atom is -0.309 e. The van der Waals surface area contributed by atoms with Gasteiger partial charge in [-0.3, -0.25) is 5.43 Å². The molecule has 0 saturated carbocycles. The highest BCUT2D eigenvalue weighted by Crippen LogP contribution is 2.27. The number of nitrogens with zero attached hydrogens (tertiary/aromatic N) is 2. The van der Waals surface area contributed by atoms with Gasteiger partial charge >= 0.3 is 0 Å². The maximum absolute atomic E-state index is 13.7. The number of nitrogens with one attached hydrogen (secondary N) is 1. The molecule has 0 radical (unpaired) electrons. The first kappa shape index (κ1) is 20.6. The van der Waals surface area contributed by atoms with Crippen molar-refractivity contribution in [1.29, 1.82) is 0 Å². The topological polar surface area (TPSA) is 27.6 Å². The van der Waals surface area contributed by atoms with Crippen LogP contribution in [0.15, 0.2) is 41.5 Å². The molecule has 0 aromatic heterocycles. The van der Waals surface area contributed by atoms with E-state index < -0.39 is 34.8 Å². The lowest BCUT2D eigenvalue weighted by atomic mass is 10.1. The van der Waals surface area contributed by atoms with Gasteiger partial charge in [-0.15, -0.1) is 0 Å². The van der Waals surface area contributed by atoms with Crippen molar-refractivity contribution in [2.45, 2.75) is 6.42 Å². The fourth-order valence-electron chi connectivity index (χ4n) is 2.10. The molecule has 0 amide bonds. The first-order valence-electron chi connectivity index (χ1n) is 8.03. The molecule has 144 valence electrons. The zero-order valence-electron chi connectivity index (χ0n) is 14.7. The number of allylic oxidation sites excluding steroid dienone is 1. The predicted molar refractivity (Wildman–Crippen MR) is 95.9 cm³/mol. The van der Waals surface area contributed by atoms with Gasteiger partial charge in [0.15, 0.2) is 23.3 Å². The monoisotopic (exact) mass is 383 g/mol. The van der Waals surface area contributed by atoms with Crippen LogP contribution in [0.25, 0.3) is 6.08 Å². The molecule has 2 aromatic carbocycles. The molecule has 3 nitrogen and oxygen atoms in total. The molecular formula is C19H18F5N3. The molecule has 0 saturated heterocycles. The van der Waals surface area contributed by atoms with Crippen LogP contribution in [0.4, 0.5) is 27.6 Å². The summed E-state index contributed by atoms with van der Waals surface area (Å²) >= 11 is 0. The van der Waals surface area contributed by atoms with Crippen LogP contribution < -0.4 is 5.43 Å². The van der Waals surface area contributed by atoms with Gasteiger partial charge in [-0.05, 0) is 25.7 Å². The van der Waals surface area contributed by atoms with E-state index in [1.807, 2.05) is 54.8 Å². The van der Waals surface area contributed by atoms with Crippen molar-refractivity contribution in [1.82, 2.24) is 4.90 Å². The largest absolute Gasteiger partial charge is 0.309 e. The summed E-state index contributed by atoms with van der Waals surface area (Å²) in [6, 6.07) is 9.21. The van der Waals surface area contributed by atoms with E-state index >= 15 is 0 Å². The highest BCUT2D eigenvalue weighted by Gasteiger charge is 2.25. The highest BCUT2D eigenvalue weighted by atomic mass is 19.2. The third-order valence-corrected chi connectivity index (χ3v) is 3.60. The Kier molecular flexibility index (Phi) is 7.06. The molecule has 0 spiro atoms. The van der Waals surface area contributed by atoms with Gasteiger partial charge in [-0.25, -0.2) is 22.0 Å². The van der Waals surface area contributed by atoms with Gasteiger partial charge < -0.3 is 4.90 Å². The van der Waals surface area contributed by atoms with Gasteiger partial charge in [0, 0.05) is 13.0 Å². The molecule has 2 rings (SSSR count). The van der Waals surface area contributed by atoms with Crippen LogP contribution in [0.5, 0.6) is 0 Å². The number of hydrogen-bond acceptors (Lipinski definition) is 3. The molecule has 0 aliphatic carbocycles. The molecular weight excluding hydrogens is 365 g/mol. The quantitative estimate of drug-likeness (QED) is 0.244. The van der Waals surface area contributed by atoms with Crippen molar-refractivity contribution in [3.63, 3.8) is 0 Å². The van der Waals surface area contributed by atoms with Crippen LogP contribution >= 0.6 is 0 Å². The highest BCUT2D eigenvalue weighted by molar-refractivity contribution is 5.98. The van der Waals surface area contributed by atoms with Crippen molar-refractivity contribution in [2.24, 2.45) is 5.10 Å². The summed E-state index contributed by atoms with van der Waals surface area (Å²) in [5.41, 5.74) is 2.02. The fourth-order valence-corrected chi connectivity index (χ4v) is 2.10. The van der Waals surface area contributed by atoms with Crippen LogP contribution in [0, 0.1) is 29.1 Å². The number of benzene rings is 2. The van der Waals surface area contributed by atoms with Gasteiger partial charge in [0.05, 0.1) is 5.71 Å². The van der Waals surface area contributed by atoms with E-state index in [2.05, 4.69) is 5.10 Å². The van der Waals surface area contributed by atoms with Crippen molar-refractivity contribution in [3.05, 3.63) is 71.1 Å². The second-order valence-corrected chi connectivity index (χ2v) is 5.96. The summed E-state index contributed by atoms with van der Waals surface area (Å²) < 4.78 is 67.1. The number of anilines is 1. The molecule has 0 fully saturated rings. The van der Waals surface area contributed by atoms with Crippen molar-refractivity contribution in [3.8, 4) is 0 Å². The second-order valence-electron chi connectivity index (χ2n) is 5.96. The molecule has 0 bridgehead atoms. The molecule has 0 aliphatic heterocycles. The van der Waals surface area contributed by atoms with Crippen LogP contribution in [0.3, 0.4) is 0 Å². The smallest absolute Gasteiger partial charge is 0.200 e. The van der Waals surface area contributed by atoms with E-state index in [0.29, 0.717) is 18.7 Å². The molecule has 0 heterocycles. The zero-order chi connectivity index (χ0) is 20.0. The van der Waals surface area contributed by atoms with Crippen LogP contribution in [-0.2, 0) is 0 Å². The number of rotatable bonds is 7. The SMILES string of the molecule is CN(C)CCC(/C=C\c1ccccc1)=N\Nc1c(F)c(F)c(F)c(F)c1F. The van der Waals surface area contributed by atoms with Crippen molar-refractivity contribution < 1.29 is 22.0 Å². The summed E-state index contributed by atoms with van der Waals surface area (Å²) in [7, 11) is 3.66. The van der Waals surface area contributed by atoms with Crippen LogP contribution in [0.1, 0.15) is 12.0 Å². The van der Waals surface area contributed by atoms with E-state index in [4.69, 9.17) is 0 Å². The number of hydrogen-bond donors (Lipinski definition) is 1. The molecule has 0 atom stereocenters. The second kappa shape index (κ2) is 9.27. The number of halogens is 5. The zero-order valence-corrected chi connectivity index (χ0v) is 14.7. The number of hydrazone groups is 1. The Morgan fingerprint density at radius 2 is 1.48 bits per heavy atom.